The van der Waals surface area contributed by atoms with E-state index in [0.717, 1.165) is 34.4 Å². The van der Waals surface area contributed by atoms with Crippen LogP contribution in [0.4, 0.5) is 10.1 Å². The summed E-state index contributed by atoms with van der Waals surface area (Å²) in [5, 5.41) is 25.3. The molecule has 0 bridgehead atoms. The molecule has 1 aromatic carbocycles. The maximum Gasteiger partial charge on any atom is 0.256 e. The van der Waals surface area contributed by atoms with Gasteiger partial charge in [0.2, 0.25) is 0 Å². The fourth-order valence-electron chi connectivity index (χ4n) is 5.57. The van der Waals surface area contributed by atoms with E-state index in [9.17, 15) is 19.6 Å². The van der Waals surface area contributed by atoms with Gasteiger partial charge in [-0.1, -0.05) is 31.8 Å². The molecule has 4 aromatic rings. The van der Waals surface area contributed by atoms with Crippen molar-refractivity contribution < 1.29 is 19.0 Å². The SMILES string of the molecule is [C-]#[N+]c1ccc(C(=O)N2CCN(CC(CC#N)n3cc(-c4ncnc5c4ccn5COCC[Si](C)(C)C)cn3)C(CO)C2)c(F)c1. The molecule has 0 spiro atoms. The molecule has 3 aromatic heterocycles. The molecule has 1 fully saturated rings. The molecule has 1 N–H and O–H groups in total. The third kappa shape index (κ3) is 7.49. The highest BCUT2D eigenvalue weighted by molar-refractivity contribution is 6.76. The van der Waals surface area contributed by atoms with Gasteiger partial charge in [0.1, 0.15) is 24.5 Å². The van der Waals surface area contributed by atoms with E-state index >= 15 is 0 Å². The number of aliphatic hydroxyl groups is 1. The second kappa shape index (κ2) is 14.3. The summed E-state index contributed by atoms with van der Waals surface area (Å²) < 4.78 is 24.2. The lowest BCUT2D eigenvalue weighted by Crippen LogP contribution is -2.57. The summed E-state index contributed by atoms with van der Waals surface area (Å²) >= 11 is 0. The van der Waals surface area contributed by atoms with Crippen LogP contribution in [0.5, 0.6) is 0 Å². The Balaban J connectivity index is 1.27. The third-order valence-corrected chi connectivity index (χ3v) is 9.92. The number of fused-ring (bicyclic) bond motifs is 1. The molecule has 4 heterocycles. The Kier molecular flexibility index (Phi) is 10.2. The zero-order chi connectivity index (χ0) is 32.8. The van der Waals surface area contributed by atoms with E-state index in [1.807, 2.05) is 27.9 Å². The lowest BCUT2D eigenvalue weighted by molar-refractivity contribution is 0.0262. The number of aromatic nitrogens is 5. The standard InChI is InChI=1S/C32H38FN9O3Si/c1-35-24-5-6-27(29(33)15-24)32(44)40-12-11-39(26(19-40)20-43)18-25(7-9-34)42-17-23(16-38-42)30-28-8-10-41(31(28)37-21-36-30)22-45-13-14-46(2,3)4/h5-6,8,10,15-17,21,25-26,43H,7,11-14,18-20,22H2,2-4H3. The summed E-state index contributed by atoms with van der Waals surface area (Å²) in [4.78, 5) is 28.9. The fourth-order valence-corrected chi connectivity index (χ4v) is 6.32. The Morgan fingerprint density at radius 3 is 2.83 bits per heavy atom. The number of halogens is 1. The number of benzene rings is 1. The Morgan fingerprint density at radius 1 is 1.28 bits per heavy atom. The van der Waals surface area contributed by atoms with Crippen molar-refractivity contribution >= 4 is 30.7 Å². The molecular weight excluding hydrogens is 605 g/mol. The number of aliphatic hydroxyl groups excluding tert-OH is 1. The molecule has 0 saturated carbocycles. The number of nitriles is 1. The van der Waals surface area contributed by atoms with Crippen LogP contribution >= 0.6 is 0 Å². The molecule has 1 aliphatic heterocycles. The van der Waals surface area contributed by atoms with Crippen LogP contribution in [0.3, 0.4) is 0 Å². The summed E-state index contributed by atoms with van der Waals surface area (Å²) in [7, 11) is -1.19. The van der Waals surface area contributed by atoms with Gasteiger partial charge in [-0.2, -0.15) is 10.4 Å². The van der Waals surface area contributed by atoms with Gasteiger partial charge in [0.05, 0.1) is 55.2 Å². The van der Waals surface area contributed by atoms with Gasteiger partial charge in [-0.05, 0) is 18.2 Å². The maximum atomic E-state index is 14.5. The summed E-state index contributed by atoms with van der Waals surface area (Å²) in [6.45, 7) is 16.3. The first-order valence-electron chi connectivity index (χ1n) is 15.2. The van der Waals surface area contributed by atoms with Crippen LogP contribution in [-0.2, 0) is 11.5 Å². The first-order chi connectivity index (χ1) is 22.1. The van der Waals surface area contributed by atoms with Gasteiger partial charge >= 0.3 is 0 Å². The molecule has 46 heavy (non-hydrogen) atoms. The lowest BCUT2D eigenvalue weighted by atomic mass is 10.1. The molecule has 5 rings (SSSR count). The Bertz CT molecular complexity index is 1770. The average Bonchev–Trinajstić information content (AvgIpc) is 3.70. The van der Waals surface area contributed by atoms with E-state index in [1.54, 1.807) is 10.9 Å². The largest absolute Gasteiger partial charge is 0.395 e. The van der Waals surface area contributed by atoms with Gasteiger partial charge in [0.15, 0.2) is 5.69 Å². The van der Waals surface area contributed by atoms with Crippen molar-refractivity contribution in [2.24, 2.45) is 0 Å². The van der Waals surface area contributed by atoms with Crippen LogP contribution in [0, 0.1) is 23.7 Å². The number of piperazine rings is 1. The zero-order valence-corrected chi connectivity index (χ0v) is 27.3. The Morgan fingerprint density at radius 2 is 2.11 bits per heavy atom. The number of hydrogen-bond donors (Lipinski definition) is 1. The van der Waals surface area contributed by atoms with E-state index < -0.39 is 25.8 Å². The molecule has 1 aliphatic rings. The Hall–Kier alpha value is -4.47. The number of carbonyl (C=O) groups excluding carboxylic acids is 1. The first-order valence-corrected chi connectivity index (χ1v) is 18.9. The van der Waals surface area contributed by atoms with Crippen LogP contribution in [0.1, 0.15) is 22.8 Å². The van der Waals surface area contributed by atoms with Gasteiger partial charge in [-0.25, -0.2) is 19.2 Å². The van der Waals surface area contributed by atoms with Gasteiger partial charge in [-0.3, -0.25) is 14.4 Å². The molecule has 1 saturated heterocycles. The molecule has 240 valence electrons. The third-order valence-electron chi connectivity index (χ3n) is 8.22. The van der Waals surface area contributed by atoms with Crippen molar-refractivity contribution in [1.82, 2.24) is 34.1 Å². The van der Waals surface area contributed by atoms with Gasteiger partial charge < -0.3 is 19.3 Å². The monoisotopic (exact) mass is 643 g/mol. The topological polar surface area (TPSA) is 130 Å². The minimum absolute atomic E-state index is 0.104. The van der Waals surface area contributed by atoms with Crippen molar-refractivity contribution in [3.8, 4) is 17.3 Å². The quantitative estimate of drug-likeness (QED) is 0.135. The summed E-state index contributed by atoms with van der Waals surface area (Å²) in [6.07, 6.45) is 7.24. The van der Waals surface area contributed by atoms with Gasteiger partial charge in [-0.15, -0.1) is 0 Å². The number of ether oxygens (including phenoxy) is 1. The van der Waals surface area contributed by atoms with Crippen molar-refractivity contribution in [1.29, 1.82) is 5.26 Å². The van der Waals surface area contributed by atoms with E-state index in [1.165, 1.54) is 23.4 Å². The highest BCUT2D eigenvalue weighted by Gasteiger charge is 2.32. The average molecular weight is 644 g/mol. The lowest BCUT2D eigenvalue weighted by Gasteiger charge is -2.41. The first kappa shape index (κ1) is 32.9. The van der Waals surface area contributed by atoms with Crippen molar-refractivity contribution in [2.45, 2.75) is 50.9 Å². The van der Waals surface area contributed by atoms with Crippen LogP contribution < -0.4 is 0 Å². The molecule has 2 unspecified atom stereocenters. The smallest absolute Gasteiger partial charge is 0.256 e. The molecule has 14 heteroatoms. The maximum absolute atomic E-state index is 14.5. The molecule has 12 nitrogen and oxygen atoms in total. The van der Waals surface area contributed by atoms with Crippen LogP contribution in [0.2, 0.25) is 25.7 Å². The minimum atomic E-state index is -1.19. The van der Waals surface area contributed by atoms with Crippen molar-refractivity contribution in [2.75, 3.05) is 39.4 Å². The fraction of sp³-hybridized carbons (Fsp3) is 0.438. The van der Waals surface area contributed by atoms with E-state index in [-0.39, 0.29) is 36.9 Å². The number of nitrogens with zero attached hydrogens (tertiary/aromatic N) is 9. The molecule has 1 amide bonds. The predicted octanol–water partition coefficient (Wildman–Crippen LogP) is 4.57. The number of carbonyl (C=O) groups is 1. The summed E-state index contributed by atoms with van der Waals surface area (Å²) in [5.74, 6) is -1.23. The zero-order valence-electron chi connectivity index (χ0n) is 26.3. The number of amides is 1. The van der Waals surface area contributed by atoms with Crippen molar-refractivity contribution in [3.63, 3.8) is 0 Å². The molecular formula is C32H38FN9O3Si. The van der Waals surface area contributed by atoms with Crippen LogP contribution in [-0.4, -0.2) is 98.6 Å². The Labute approximate surface area is 268 Å². The molecule has 0 radical (unpaired) electrons. The molecule has 0 aliphatic carbocycles. The summed E-state index contributed by atoms with van der Waals surface area (Å²) in [5.41, 5.74) is 2.29. The van der Waals surface area contributed by atoms with Crippen molar-refractivity contribution in [3.05, 3.63) is 72.0 Å². The van der Waals surface area contributed by atoms with E-state index in [4.69, 9.17) is 11.3 Å². The predicted molar refractivity (Wildman–Crippen MR) is 173 cm³/mol. The van der Waals surface area contributed by atoms with Crippen LogP contribution in [0.15, 0.2) is 49.2 Å². The number of hydrogen-bond acceptors (Lipinski definition) is 8. The highest BCUT2D eigenvalue weighted by Crippen LogP contribution is 2.28. The minimum Gasteiger partial charge on any atom is -0.395 e. The van der Waals surface area contributed by atoms with Crippen LogP contribution in [0.25, 0.3) is 27.1 Å². The highest BCUT2D eigenvalue weighted by atomic mass is 28.3. The normalized spacial score (nSPS) is 16.3. The second-order valence-corrected chi connectivity index (χ2v) is 18.3. The van der Waals surface area contributed by atoms with Gasteiger partial charge in [0.25, 0.3) is 5.91 Å². The molecule has 2 atom stereocenters. The second-order valence-electron chi connectivity index (χ2n) is 12.7. The summed E-state index contributed by atoms with van der Waals surface area (Å²) in [6, 6.07) is 8.37. The van der Waals surface area contributed by atoms with E-state index in [0.29, 0.717) is 33.0 Å². The van der Waals surface area contributed by atoms with E-state index in [2.05, 4.69) is 45.6 Å². The number of rotatable bonds is 12. The van der Waals surface area contributed by atoms with Gasteiger partial charge in [0, 0.05) is 64.2 Å².